The van der Waals surface area contributed by atoms with Gasteiger partial charge in [-0.05, 0) is 73.5 Å². The zero-order valence-electron chi connectivity index (χ0n) is 19.1. The van der Waals surface area contributed by atoms with E-state index in [0.717, 1.165) is 33.4 Å². The average Bonchev–Trinajstić information content (AvgIpc) is 2.87. The van der Waals surface area contributed by atoms with E-state index in [2.05, 4.69) is 31.3 Å². The van der Waals surface area contributed by atoms with Crippen LogP contribution in [0.3, 0.4) is 0 Å². The SMILES string of the molecule is CCOc1ccc(/C=N/Nc2nnc(N/N=C/c3ccc(OCC)cc3)c3ccccc23)cc1. The number of hydrogen-bond donors (Lipinski definition) is 2. The number of aromatic nitrogens is 2. The van der Waals surface area contributed by atoms with Crippen molar-refractivity contribution in [3.63, 3.8) is 0 Å². The van der Waals surface area contributed by atoms with E-state index in [1.54, 1.807) is 12.4 Å². The van der Waals surface area contributed by atoms with E-state index in [0.29, 0.717) is 24.8 Å². The molecule has 2 N–H and O–H groups in total. The molecule has 0 saturated carbocycles. The van der Waals surface area contributed by atoms with Crippen LogP contribution in [0, 0.1) is 0 Å². The molecular weight excluding hydrogens is 428 g/mol. The van der Waals surface area contributed by atoms with E-state index >= 15 is 0 Å². The Balaban J connectivity index is 1.45. The lowest BCUT2D eigenvalue weighted by Crippen LogP contribution is -2.01. The number of fused-ring (bicyclic) bond motifs is 1. The first-order valence-electron chi connectivity index (χ1n) is 11.1. The van der Waals surface area contributed by atoms with E-state index in [1.165, 1.54) is 0 Å². The van der Waals surface area contributed by atoms with Crippen molar-refractivity contribution in [2.75, 3.05) is 24.1 Å². The molecule has 0 bridgehead atoms. The fourth-order valence-electron chi connectivity index (χ4n) is 3.24. The molecule has 0 atom stereocenters. The minimum Gasteiger partial charge on any atom is -0.494 e. The van der Waals surface area contributed by atoms with Gasteiger partial charge in [-0.1, -0.05) is 24.3 Å². The van der Waals surface area contributed by atoms with Gasteiger partial charge in [0.25, 0.3) is 0 Å². The Morgan fingerprint density at radius 2 is 1.06 bits per heavy atom. The summed E-state index contributed by atoms with van der Waals surface area (Å²) in [6, 6.07) is 23.2. The Morgan fingerprint density at radius 3 is 1.44 bits per heavy atom. The lowest BCUT2D eigenvalue weighted by atomic mass is 10.2. The Hall–Kier alpha value is -4.46. The number of hydrogen-bond acceptors (Lipinski definition) is 8. The van der Waals surface area contributed by atoms with Crippen molar-refractivity contribution in [3.05, 3.63) is 83.9 Å². The minimum atomic E-state index is 0.554. The maximum absolute atomic E-state index is 5.46. The molecule has 0 aliphatic rings. The maximum atomic E-state index is 5.46. The zero-order valence-corrected chi connectivity index (χ0v) is 19.1. The third kappa shape index (κ3) is 5.86. The maximum Gasteiger partial charge on any atom is 0.176 e. The molecule has 0 radical (unpaired) electrons. The van der Waals surface area contributed by atoms with Crippen molar-refractivity contribution in [1.29, 1.82) is 0 Å². The Bertz CT molecular complexity index is 1170. The van der Waals surface area contributed by atoms with Gasteiger partial charge in [-0.2, -0.15) is 10.2 Å². The van der Waals surface area contributed by atoms with Crippen LogP contribution in [0.25, 0.3) is 10.8 Å². The quantitative estimate of drug-likeness (QED) is 0.249. The molecule has 1 aromatic heterocycles. The smallest absolute Gasteiger partial charge is 0.176 e. The van der Waals surface area contributed by atoms with Crippen LogP contribution < -0.4 is 20.3 Å². The molecule has 0 saturated heterocycles. The third-order valence-corrected chi connectivity index (χ3v) is 4.84. The predicted octanol–water partition coefficient (Wildman–Crippen LogP) is 5.32. The molecule has 8 heteroatoms. The standard InChI is InChI=1S/C26H26N6O2/c1-3-33-21-13-9-19(10-14-21)17-27-29-25-23-7-5-6-8-24(23)26(32-31-25)30-28-18-20-11-15-22(16-12-20)34-4-2/h5-18H,3-4H2,1-2H3,(H,29,31)(H,30,32)/b27-17+,28-18+. The summed E-state index contributed by atoms with van der Waals surface area (Å²) in [4.78, 5) is 0. The van der Waals surface area contributed by atoms with Gasteiger partial charge in [0.15, 0.2) is 11.6 Å². The molecule has 1 heterocycles. The van der Waals surface area contributed by atoms with Gasteiger partial charge in [0.05, 0.1) is 25.6 Å². The summed E-state index contributed by atoms with van der Waals surface area (Å²) in [6.07, 6.45) is 3.44. The largest absolute Gasteiger partial charge is 0.494 e. The summed E-state index contributed by atoms with van der Waals surface area (Å²) < 4.78 is 10.9. The summed E-state index contributed by atoms with van der Waals surface area (Å²) in [7, 11) is 0. The molecule has 0 aliphatic heterocycles. The number of nitrogens with zero attached hydrogens (tertiary/aromatic N) is 4. The molecule has 0 aliphatic carbocycles. The van der Waals surface area contributed by atoms with Gasteiger partial charge >= 0.3 is 0 Å². The van der Waals surface area contributed by atoms with E-state index < -0.39 is 0 Å². The Kier molecular flexibility index (Phi) is 7.63. The monoisotopic (exact) mass is 454 g/mol. The second kappa shape index (κ2) is 11.4. The molecule has 0 amide bonds. The van der Waals surface area contributed by atoms with Gasteiger partial charge in [0.2, 0.25) is 0 Å². The van der Waals surface area contributed by atoms with E-state index in [-0.39, 0.29) is 0 Å². The summed E-state index contributed by atoms with van der Waals surface area (Å²) in [6.45, 7) is 5.19. The highest BCUT2D eigenvalue weighted by molar-refractivity contribution is 5.98. The van der Waals surface area contributed by atoms with Crippen LogP contribution in [0.15, 0.2) is 83.0 Å². The molecule has 3 aromatic carbocycles. The summed E-state index contributed by atoms with van der Waals surface area (Å²) in [5, 5.41) is 18.9. The lowest BCUT2D eigenvalue weighted by molar-refractivity contribution is 0.340. The van der Waals surface area contributed by atoms with Gasteiger partial charge in [-0.3, -0.25) is 10.9 Å². The number of rotatable bonds is 10. The average molecular weight is 455 g/mol. The van der Waals surface area contributed by atoms with E-state index in [4.69, 9.17) is 9.47 Å². The minimum absolute atomic E-state index is 0.554. The van der Waals surface area contributed by atoms with E-state index in [9.17, 15) is 0 Å². The third-order valence-electron chi connectivity index (χ3n) is 4.84. The van der Waals surface area contributed by atoms with Crippen molar-refractivity contribution in [1.82, 2.24) is 10.2 Å². The fraction of sp³-hybridized carbons (Fsp3) is 0.154. The van der Waals surface area contributed by atoms with Crippen LogP contribution in [-0.2, 0) is 0 Å². The second-order valence-electron chi connectivity index (χ2n) is 7.19. The fourth-order valence-corrected chi connectivity index (χ4v) is 3.24. The summed E-state index contributed by atoms with van der Waals surface area (Å²) in [5.74, 6) is 2.77. The van der Waals surface area contributed by atoms with Crippen molar-refractivity contribution >= 4 is 34.8 Å². The topological polar surface area (TPSA) is 93.0 Å². The van der Waals surface area contributed by atoms with E-state index in [1.807, 2.05) is 86.6 Å². The molecule has 34 heavy (non-hydrogen) atoms. The summed E-state index contributed by atoms with van der Waals surface area (Å²) >= 11 is 0. The molecular formula is C26H26N6O2. The molecule has 0 spiro atoms. The van der Waals surface area contributed by atoms with Crippen molar-refractivity contribution < 1.29 is 9.47 Å². The number of benzene rings is 3. The molecule has 4 aromatic rings. The number of ether oxygens (including phenoxy) is 2. The van der Waals surface area contributed by atoms with Crippen LogP contribution in [0.1, 0.15) is 25.0 Å². The highest BCUT2D eigenvalue weighted by atomic mass is 16.5. The molecule has 0 fully saturated rings. The van der Waals surface area contributed by atoms with Gasteiger partial charge < -0.3 is 9.47 Å². The number of anilines is 2. The van der Waals surface area contributed by atoms with Crippen LogP contribution >= 0.6 is 0 Å². The first-order chi connectivity index (χ1) is 16.8. The van der Waals surface area contributed by atoms with Crippen molar-refractivity contribution in [2.45, 2.75) is 13.8 Å². The second-order valence-corrected chi connectivity index (χ2v) is 7.19. The number of hydrazone groups is 2. The van der Waals surface area contributed by atoms with Gasteiger partial charge in [-0.15, -0.1) is 10.2 Å². The lowest BCUT2D eigenvalue weighted by Gasteiger charge is -2.08. The zero-order chi connectivity index (χ0) is 23.6. The molecule has 4 rings (SSSR count). The van der Waals surface area contributed by atoms with Gasteiger partial charge in [0.1, 0.15) is 11.5 Å². The van der Waals surface area contributed by atoms with Crippen molar-refractivity contribution in [3.8, 4) is 11.5 Å². The Morgan fingerprint density at radius 1 is 0.647 bits per heavy atom. The van der Waals surface area contributed by atoms with Crippen LogP contribution in [0.5, 0.6) is 11.5 Å². The van der Waals surface area contributed by atoms with Gasteiger partial charge in [-0.25, -0.2) is 0 Å². The first-order valence-corrected chi connectivity index (χ1v) is 11.1. The molecule has 8 nitrogen and oxygen atoms in total. The van der Waals surface area contributed by atoms with Crippen LogP contribution in [0.4, 0.5) is 11.6 Å². The van der Waals surface area contributed by atoms with Crippen LogP contribution in [0.2, 0.25) is 0 Å². The number of nitrogens with one attached hydrogen (secondary N) is 2. The Labute approximate surface area is 198 Å². The summed E-state index contributed by atoms with van der Waals surface area (Å²) in [5.41, 5.74) is 7.85. The normalized spacial score (nSPS) is 11.2. The van der Waals surface area contributed by atoms with Crippen molar-refractivity contribution in [2.24, 2.45) is 10.2 Å². The van der Waals surface area contributed by atoms with Crippen LogP contribution in [-0.4, -0.2) is 35.8 Å². The van der Waals surface area contributed by atoms with Gasteiger partial charge in [0, 0.05) is 10.8 Å². The highest BCUT2D eigenvalue weighted by Crippen LogP contribution is 2.26. The highest BCUT2D eigenvalue weighted by Gasteiger charge is 2.08. The molecule has 0 unspecified atom stereocenters. The predicted molar refractivity (Wildman–Crippen MR) is 137 cm³/mol. The first kappa shape index (κ1) is 22.7. The molecule has 172 valence electrons.